The van der Waals surface area contributed by atoms with Crippen LogP contribution in [0.2, 0.25) is 0 Å². The van der Waals surface area contributed by atoms with E-state index in [-0.39, 0.29) is 5.82 Å². The molecule has 0 fully saturated rings. The second-order valence-electron chi connectivity index (χ2n) is 1.83. The van der Waals surface area contributed by atoms with Gasteiger partial charge in [0.2, 0.25) is 5.82 Å². The summed E-state index contributed by atoms with van der Waals surface area (Å²) in [4.78, 5) is 3.82. The predicted molar refractivity (Wildman–Crippen MR) is 50.9 cm³/mol. The van der Waals surface area contributed by atoms with Crippen molar-refractivity contribution in [1.82, 2.24) is 9.36 Å². The third-order valence-corrected chi connectivity index (χ3v) is 2.56. The second kappa shape index (κ2) is 4.07. The van der Waals surface area contributed by atoms with Gasteiger partial charge in [-0.15, -0.1) is 4.18 Å². The number of nitrogens with zero attached hydrogens (tertiary/aromatic N) is 2. The Morgan fingerprint density at radius 2 is 2.25 bits per heavy atom. The van der Waals surface area contributed by atoms with Crippen molar-refractivity contribution < 1.29 is 4.18 Å². The standard InChI is InChI=1S/C5H6Cl3N2OS/c1-2-11-12-3-9-4(10-12)5(6,7)8/h3H,2H2,1H3/q+1. The number of hydrogen-bond acceptors (Lipinski definition) is 3. The molecule has 0 radical (unpaired) electrons. The van der Waals surface area contributed by atoms with E-state index in [0.29, 0.717) is 6.61 Å². The van der Waals surface area contributed by atoms with Crippen molar-refractivity contribution in [3.05, 3.63) is 11.3 Å². The molecule has 0 amide bonds. The van der Waals surface area contributed by atoms with Gasteiger partial charge in [-0.2, -0.15) is 4.98 Å². The molecule has 1 aromatic heterocycles. The van der Waals surface area contributed by atoms with Gasteiger partial charge in [-0.3, -0.25) is 0 Å². The van der Waals surface area contributed by atoms with E-state index in [4.69, 9.17) is 39.0 Å². The Hall–Kier alpha value is 0.390. The van der Waals surface area contributed by atoms with Crippen molar-refractivity contribution in [2.24, 2.45) is 0 Å². The largest absolute Gasteiger partial charge is 0.295 e. The molecular weight excluding hydrogens is 242 g/mol. The maximum Gasteiger partial charge on any atom is 0.295 e. The topological polar surface area (TPSA) is 35.0 Å². The zero-order valence-corrected chi connectivity index (χ0v) is 9.21. The van der Waals surface area contributed by atoms with Crippen LogP contribution in [0, 0.1) is 0 Å². The summed E-state index contributed by atoms with van der Waals surface area (Å²) in [6, 6.07) is 0. The van der Waals surface area contributed by atoms with Crippen molar-refractivity contribution >= 4 is 45.7 Å². The Bertz CT molecular complexity index is 259. The number of aromatic nitrogens is 2. The van der Waals surface area contributed by atoms with E-state index >= 15 is 0 Å². The van der Waals surface area contributed by atoms with Crippen molar-refractivity contribution in [2.45, 2.75) is 10.7 Å². The monoisotopic (exact) mass is 247 g/mol. The van der Waals surface area contributed by atoms with Crippen LogP contribution in [-0.4, -0.2) is 16.0 Å². The van der Waals surface area contributed by atoms with Crippen LogP contribution in [0.25, 0.3) is 0 Å². The van der Waals surface area contributed by atoms with Gasteiger partial charge in [0.25, 0.3) is 20.2 Å². The molecule has 0 N–H and O–H groups in total. The Labute approximate surface area is 87.9 Å². The first-order valence-electron chi connectivity index (χ1n) is 3.10. The lowest BCUT2D eigenvalue weighted by atomic mass is 10.7. The zero-order chi connectivity index (χ0) is 9.19. The highest BCUT2D eigenvalue weighted by Gasteiger charge is 2.32. The Morgan fingerprint density at radius 1 is 1.58 bits per heavy atom. The highest BCUT2D eigenvalue weighted by molar-refractivity contribution is 7.19. The third kappa shape index (κ3) is 2.71. The predicted octanol–water partition coefficient (Wildman–Crippen LogP) is 2.50. The van der Waals surface area contributed by atoms with Crippen LogP contribution >= 0.6 is 45.7 Å². The van der Waals surface area contributed by atoms with Crippen LogP contribution in [0.4, 0.5) is 0 Å². The lowest BCUT2D eigenvalue weighted by Gasteiger charge is -2.00. The zero-order valence-electron chi connectivity index (χ0n) is 6.13. The fourth-order valence-corrected chi connectivity index (χ4v) is 1.90. The third-order valence-electron chi connectivity index (χ3n) is 0.934. The molecule has 1 unspecified atom stereocenters. The minimum atomic E-state index is -1.55. The maximum atomic E-state index is 5.54. The number of rotatable bonds is 2. The molecule has 0 spiro atoms. The summed E-state index contributed by atoms with van der Waals surface area (Å²) in [6.45, 7) is 2.43. The van der Waals surface area contributed by atoms with Gasteiger partial charge in [0, 0.05) is 4.37 Å². The van der Waals surface area contributed by atoms with Gasteiger partial charge in [0.1, 0.15) is 6.61 Å². The maximum absolute atomic E-state index is 5.54. The van der Waals surface area contributed by atoms with Gasteiger partial charge < -0.3 is 0 Å². The van der Waals surface area contributed by atoms with Crippen LogP contribution in [0.3, 0.4) is 0 Å². The molecule has 0 saturated carbocycles. The van der Waals surface area contributed by atoms with Gasteiger partial charge in [-0.05, 0) is 6.92 Å². The van der Waals surface area contributed by atoms with Gasteiger partial charge in [-0.25, -0.2) is 0 Å². The molecule has 7 heteroatoms. The molecule has 12 heavy (non-hydrogen) atoms. The first-order valence-corrected chi connectivity index (χ1v) is 5.41. The first kappa shape index (κ1) is 10.5. The highest BCUT2D eigenvalue weighted by Crippen LogP contribution is 2.36. The molecule has 1 rings (SSSR count). The summed E-state index contributed by atoms with van der Waals surface area (Å²) >= 11 is 16.6. The lowest BCUT2D eigenvalue weighted by Crippen LogP contribution is -2.02. The Morgan fingerprint density at radius 3 is 2.67 bits per heavy atom. The van der Waals surface area contributed by atoms with E-state index in [1.807, 2.05) is 6.92 Å². The number of halogens is 3. The van der Waals surface area contributed by atoms with Gasteiger partial charge in [-0.1, -0.05) is 34.8 Å². The van der Waals surface area contributed by atoms with Gasteiger partial charge in [0.05, 0.1) is 0 Å². The normalized spacial score (nSPS) is 13.5. The van der Waals surface area contributed by atoms with Crippen molar-refractivity contribution in [3.8, 4) is 0 Å². The molecule has 68 valence electrons. The Balaban J connectivity index is 2.77. The first-order chi connectivity index (χ1) is 5.54. The van der Waals surface area contributed by atoms with Crippen molar-refractivity contribution in [3.63, 3.8) is 0 Å². The molecule has 1 heterocycles. The summed E-state index contributed by atoms with van der Waals surface area (Å²) in [5.41, 5.74) is 1.53. The molecule has 0 aliphatic carbocycles. The second-order valence-corrected chi connectivity index (χ2v) is 5.29. The molecule has 3 nitrogen and oxygen atoms in total. The summed E-state index contributed by atoms with van der Waals surface area (Å²) in [5, 5.41) is 0. The molecule has 0 aliphatic rings. The fourth-order valence-electron chi connectivity index (χ4n) is 0.530. The highest BCUT2D eigenvalue weighted by atomic mass is 35.6. The minimum Gasteiger partial charge on any atom is -0.175 e. The van der Waals surface area contributed by atoms with E-state index in [0.717, 1.165) is 0 Å². The van der Waals surface area contributed by atoms with E-state index < -0.39 is 14.7 Å². The van der Waals surface area contributed by atoms with Crippen LogP contribution in [-0.2, 0) is 3.79 Å². The van der Waals surface area contributed by atoms with E-state index in [9.17, 15) is 0 Å². The molecule has 0 saturated heterocycles. The average Bonchev–Trinajstić information content (AvgIpc) is 2.35. The number of hydrogen-bond donors (Lipinski definition) is 0. The molecule has 0 aliphatic heterocycles. The molecular formula is C5H6Cl3N2OS+. The molecule has 1 aromatic rings. The van der Waals surface area contributed by atoms with Crippen LogP contribution in [0.15, 0.2) is 5.51 Å². The summed E-state index contributed by atoms with van der Waals surface area (Å²) in [5.74, 6) is 0.185. The lowest BCUT2D eigenvalue weighted by molar-refractivity contribution is 0.451. The molecule has 0 aromatic carbocycles. The fraction of sp³-hybridized carbons (Fsp3) is 0.600. The summed E-state index contributed by atoms with van der Waals surface area (Å²) in [7, 11) is -0.661. The summed E-state index contributed by atoms with van der Waals surface area (Å²) < 4.78 is 7.55. The number of alkyl halides is 3. The van der Waals surface area contributed by atoms with Gasteiger partial charge >= 0.3 is 0 Å². The summed E-state index contributed by atoms with van der Waals surface area (Å²) in [6.07, 6.45) is 0. The van der Waals surface area contributed by atoms with Gasteiger partial charge in [0.15, 0.2) is 0 Å². The molecule has 1 atom stereocenters. The smallest absolute Gasteiger partial charge is 0.175 e. The Kier molecular flexibility index (Phi) is 3.55. The minimum absolute atomic E-state index is 0.185. The quantitative estimate of drug-likeness (QED) is 0.596. The van der Waals surface area contributed by atoms with Crippen molar-refractivity contribution in [1.29, 1.82) is 0 Å². The molecule has 0 bridgehead atoms. The average molecular weight is 249 g/mol. The van der Waals surface area contributed by atoms with E-state index in [1.54, 1.807) is 0 Å². The van der Waals surface area contributed by atoms with Crippen molar-refractivity contribution in [2.75, 3.05) is 6.61 Å². The van der Waals surface area contributed by atoms with E-state index in [2.05, 4.69) is 9.36 Å². The van der Waals surface area contributed by atoms with E-state index in [1.165, 1.54) is 5.51 Å². The van der Waals surface area contributed by atoms with Crippen LogP contribution < -0.4 is 4.18 Å². The van der Waals surface area contributed by atoms with Crippen LogP contribution in [0.1, 0.15) is 12.7 Å². The van der Waals surface area contributed by atoms with Crippen LogP contribution in [0.5, 0.6) is 0 Å². The SMILES string of the molecule is CCO[s+]1cnc(C(Cl)(Cl)Cl)n1.